The molecule has 1 aliphatic rings. The van der Waals surface area contributed by atoms with Crippen LogP contribution in [0.4, 0.5) is 0 Å². The van der Waals surface area contributed by atoms with Gasteiger partial charge in [-0.1, -0.05) is 0 Å². The fourth-order valence-electron chi connectivity index (χ4n) is 3.64. The number of benzene rings is 2. The summed E-state index contributed by atoms with van der Waals surface area (Å²) in [5, 5.41) is 2.87. The number of hydrogen-bond donors (Lipinski definition) is 2. The summed E-state index contributed by atoms with van der Waals surface area (Å²) in [4.78, 5) is 12.7. The third kappa shape index (κ3) is 5.37. The van der Waals surface area contributed by atoms with Crippen molar-refractivity contribution in [1.29, 1.82) is 0 Å². The van der Waals surface area contributed by atoms with E-state index < -0.39 is 10.0 Å². The van der Waals surface area contributed by atoms with E-state index in [0.717, 1.165) is 29.0 Å². The molecule has 4 rings (SSSR count). The summed E-state index contributed by atoms with van der Waals surface area (Å²) < 4.78 is 44.1. The van der Waals surface area contributed by atoms with Gasteiger partial charge in [0.05, 0.1) is 24.3 Å². The van der Waals surface area contributed by atoms with Crippen molar-refractivity contribution in [3.63, 3.8) is 0 Å². The van der Waals surface area contributed by atoms with E-state index >= 15 is 0 Å². The Bertz CT molecular complexity index is 1220. The largest absolute Gasteiger partial charge is 0.494 e. The van der Waals surface area contributed by atoms with Gasteiger partial charge in [0.2, 0.25) is 10.0 Å². The molecule has 0 aliphatic carbocycles. The van der Waals surface area contributed by atoms with Gasteiger partial charge < -0.3 is 19.2 Å². The molecule has 3 aromatic rings. The zero-order valence-electron chi connectivity index (χ0n) is 18.5. The molecule has 0 radical (unpaired) electrons. The second-order valence-corrected chi connectivity index (χ2v) is 9.51. The summed E-state index contributed by atoms with van der Waals surface area (Å²) >= 11 is 0. The van der Waals surface area contributed by atoms with Crippen LogP contribution >= 0.6 is 0 Å². The number of carbonyl (C=O) groups is 1. The minimum atomic E-state index is -3.73. The van der Waals surface area contributed by atoms with Crippen molar-refractivity contribution >= 4 is 15.9 Å². The second kappa shape index (κ2) is 9.68. The molecule has 0 unspecified atom stereocenters. The summed E-state index contributed by atoms with van der Waals surface area (Å²) in [6, 6.07) is 13.0. The highest BCUT2D eigenvalue weighted by Gasteiger charge is 2.22. The Kier molecular flexibility index (Phi) is 6.71. The lowest BCUT2D eigenvalue weighted by atomic mass is 10.1. The lowest BCUT2D eigenvalue weighted by molar-refractivity contribution is 0.0950. The maximum absolute atomic E-state index is 12.7. The van der Waals surface area contributed by atoms with E-state index in [1.807, 2.05) is 26.0 Å². The molecule has 2 aromatic carbocycles. The van der Waals surface area contributed by atoms with Crippen LogP contribution in [0.1, 0.15) is 41.1 Å². The number of nitrogens with one attached hydrogen (secondary N) is 2. The van der Waals surface area contributed by atoms with Gasteiger partial charge in [0.15, 0.2) is 0 Å². The number of hydrogen-bond acceptors (Lipinski definition) is 6. The molecule has 8 nitrogen and oxygen atoms in total. The SMILES string of the molecule is CCOc1cc2c(cc1CNC(=O)c1ccc(S(=O)(=O)NCc3ccco3)cc1)O[C@H](C)C2. The summed E-state index contributed by atoms with van der Waals surface area (Å²) in [6.07, 6.45) is 2.42. The molecule has 1 atom stereocenters. The third-order valence-electron chi connectivity index (χ3n) is 5.26. The first-order chi connectivity index (χ1) is 15.9. The van der Waals surface area contributed by atoms with Gasteiger partial charge in [-0.05, 0) is 62.4 Å². The molecule has 1 amide bonds. The van der Waals surface area contributed by atoms with Crippen molar-refractivity contribution in [2.75, 3.05) is 6.61 Å². The van der Waals surface area contributed by atoms with Crippen LogP contribution in [0, 0.1) is 0 Å². The number of furan rings is 1. The molecule has 2 N–H and O–H groups in total. The van der Waals surface area contributed by atoms with Gasteiger partial charge in [0, 0.05) is 29.7 Å². The van der Waals surface area contributed by atoms with Crippen LogP contribution in [-0.2, 0) is 29.5 Å². The van der Waals surface area contributed by atoms with Gasteiger partial charge in [-0.25, -0.2) is 13.1 Å². The Balaban J connectivity index is 1.41. The fraction of sp³-hybridized carbons (Fsp3) is 0.292. The van der Waals surface area contributed by atoms with Crippen molar-refractivity contribution < 1.29 is 27.1 Å². The minimum absolute atomic E-state index is 0.0446. The highest BCUT2D eigenvalue weighted by Crippen LogP contribution is 2.35. The molecule has 0 bridgehead atoms. The Labute approximate surface area is 193 Å². The van der Waals surface area contributed by atoms with Crippen LogP contribution in [0.2, 0.25) is 0 Å². The van der Waals surface area contributed by atoms with Crippen molar-refractivity contribution in [3.05, 3.63) is 77.2 Å². The molecule has 0 fully saturated rings. The lowest BCUT2D eigenvalue weighted by Gasteiger charge is -2.13. The molecule has 174 valence electrons. The number of ether oxygens (including phenoxy) is 2. The summed E-state index contributed by atoms with van der Waals surface area (Å²) in [7, 11) is -3.73. The molecular formula is C24H26N2O6S. The Morgan fingerprint density at radius 1 is 1.15 bits per heavy atom. The Hall–Kier alpha value is -3.30. The topological polar surface area (TPSA) is 107 Å². The summed E-state index contributed by atoms with van der Waals surface area (Å²) in [5.74, 6) is 1.72. The third-order valence-corrected chi connectivity index (χ3v) is 6.68. The van der Waals surface area contributed by atoms with E-state index in [1.54, 1.807) is 12.1 Å². The monoisotopic (exact) mass is 470 g/mol. The van der Waals surface area contributed by atoms with Crippen molar-refractivity contribution in [2.24, 2.45) is 0 Å². The van der Waals surface area contributed by atoms with Crippen LogP contribution in [0.3, 0.4) is 0 Å². The Morgan fingerprint density at radius 3 is 2.64 bits per heavy atom. The predicted molar refractivity (Wildman–Crippen MR) is 122 cm³/mol. The van der Waals surface area contributed by atoms with Gasteiger partial charge in [-0.15, -0.1) is 0 Å². The van der Waals surface area contributed by atoms with E-state index in [4.69, 9.17) is 13.9 Å². The second-order valence-electron chi connectivity index (χ2n) is 7.74. The number of rotatable bonds is 9. The molecule has 0 spiro atoms. The number of sulfonamides is 1. The number of amides is 1. The standard InChI is InChI=1S/C24H26N2O6S/c1-3-30-22-12-18-11-16(2)32-23(18)13-19(22)14-25-24(27)17-6-8-21(9-7-17)33(28,29)26-15-20-5-4-10-31-20/h4-10,12-13,16,26H,3,11,14-15H2,1-2H3,(H,25,27)/t16-/m1/s1. The molecule has 9 heteroatoms. The van der Waals surface area contributed by atoms with Gasteiger partial charge >= 0.3 is 0 Å². The average molecular weight is 471 g/mol. The molecule has 2 heterocycles. The average Bonchev–Trinajstić information content (AvgIpc) is 3.45. The predicted octanol–water partition coefficient (Wildman–Crippen LogP) is 3.41. The van der Waals surface area contributed by atoms with Gasteiger partial charge in [0.1, 0.15) is 23.4 Å². The Morgan fingerprint density at radius 2 is 1.94 bits per heavy atom. The van der Waals surface area contributed by atoms with E-state index in [9.17, 15) is 13.2 Å². The normalized spacial score (nSPS) is 15.0. The van der Waals surface area contributed by atoms with Crippen LogP contribution in [0.5, 0.6) is 11.5 Å². The zero-order chi connectivity index (χ0) is 23.4. The minimum Gasteiger partial charge on any atom is -0.494 e. The van der Waals surface area contributed by atoms with E-state index in [1.165, 1.54) is 30.5 Å². The van der Waals surface area contributed by atoms with Crippen LogP contribution in [0.25, 0.3) is 0 Å². The van der Waals surface area contributed by atoms with Gasteiger partial charge in [-0.3, -0.25) is 4.79 Å². The highest BCUT2D eigenvalue weighted by molar-refractivity contribution is 7.89. The molecule has 0 saturated carbocycles. The highest BCUT2D eigenvalue weighted by atomic mass is 32.2. The van der Waals surface area contributed by atoms with Gasteiger partial charge in [0.25, 0.3) is 5.91 Å². The lowest BCUT2D eigenvalue weighted by Crippen LogP contribution is -2.24. The molecular weight excluding hydrogens is 444 g/mol. The maximum Gasteiger partial charge on any atom is 0.251 e. The summed E-state index contributed by atoms with van der Waals surface area (Å²) in [6.45, 7) is 4.74. The van der Waals surface area contributed by atoms with E-state index in [-0.39, 0.29) is 30.0 Å². The van der Waals surface area contributed by atoms with E-state index in [2.05, 4.69) is 10.0 Å². The van der Waals surface area contributed by atoms with Crippen molar-refractivity contribution in [1.82, 2.24) is 10.0 Å². The van der Waals surface area contributed by atoms with E-state index in [0.29, 0.717) is 17.9 Å². The van der Waals surface area contributed by atoms with Crippen LogP contribution in [0.15, 0.2) is 64.1 Å². The molecule has 1 aromatic heterocycles. The first-order valence-electron chi connectivity index (χ1n) is 10.7. The van der Waals surface area contributed by atoms with Crippen LogP contribution < -0.4 is 19.5 Å². The number of fused-ring (bicyclic) bond motifs is 1. The fourth-order valence-corrected chi connectivity index (χ4v) is 4.63. The smallest absolute Gasteiger partial charge is 0.251 e. The summed E-state index contributed by atoms with van der Waals surface area (Å²) in [5.41, 5.74) is 2.27. The number of carbonyl (C=O) groups excluding carboxylic acids is 1. The molecule has 1 aliphatic heterocycles. The molecule has 0 saturated heterocycles. The zero-order valence-corrected chi connectivity index (χ0v) is 19.3. The van der Waals surface area contributed by atoms with Crippen molar-refractivity contribution in [3.8, 4) is 11.5 Å². The van der Waals surface area contributed by atoms with Crippen LogP contribution in [-0.4, -0.2) is 27.0 Å². The first kappa shape index (κ1) is 22.9. The maximum atomic E-state index is 12.7. The van der Waals surface area contributed by atoms with Gasteiger partial charge in [-0.2, -0.15) is 0 Å². The quantitative estimate of drug-likeness (QED) is 0.496. The first-order valence-corrected chi connectivity index (χ1v) is 12.2. The van der Waals surface area contributed by atoms with Crippen molar-refractivity contribution in [2.45, 2.75) is 44.4 Å². The molecule has 33 heavy (non-hydrogen) atoms.